The molecule has 0 aliphatic carbocycles. The maximum atomic E-state index is 12.4. The Balaban J connectivity index is 1.88. The molecule has 0 bridgehead atoms. The van der Waals surface area contributed by atoms with Crippen LogP contribution in [0.3, 0.4) is 0 Å². The standard InChI is InChI=1S/C17H12N2O5/c1-10-8-13(19(22)23)4-5-14(10)17(21)18-12-3-6-15-11(9-12)2-7-16(20)24-15/h2-9H,1H3,(H,18,21). The van der Waals surface area contributed by atoms with E-state index in [9.17, 15) is 19.7 Å². The number of nitrogens with zero attached hydrogens (tertiary/aromatic N) is 1. The lowest BCUT2D eigenvalue weighted by atomic mass is 10.1. The minimum Gasteiger partial charge on any atom is -0.423 e. The molecule has 0 saturated heterocycles. The van der Waals surface area contributed by atoms with Gasteiger partial charge in [0.05, 0.1) is 4.92 Å². The second-order valence-electron chi connectivity index (χ2n) is 5.22. The molecule has 7 heteroatoms. The van der Waals surface area contributed by atoms with Crippen molar-refractivity contribution in [2.75, 3.05) is 5.32 Å². The fraction of sp³-hybridized carbons (Fsp3) is 0.0588. The van der Waals surface area contributed by atoms with E-state index in [2.05, 4.69) is 5.32 Å². The number of carbonyl (C=O) groups excluding carboxylic acids is 1. The van der Waals surface area contributed by atoms with Gasteiger partial charge in [0.25, 0.3) is 11.6 Å². The molecule has 1 amide bonds. The van der Waals surface area contributed by atoms with E-state index >= 15 is 0 Å². The summed E-state index contributed by atoms with van der Waals surface area (Å²) < 4.78 is 5.03. The molecule has 1 heterocycles. The fourth-order valence-electron chi connectivity index (χ4n) is 2.36. The summed E-state index contributed by atoms with van der Waals surface area (Å²) >= 11 is 0. The van der Waals surface area contributed by atoms with Crippen molar-refractivity contribution in [3.8, 4) is 0 Å². The molecule has 24 heavy (non-hydrogen) atoms. The van der Waals surface area contributed by atoms with Crippen molar-refractivity contribution in [3.63, 3.8) is 0 Å². The highest BCUT2D eigenvalue weighted by atomic mass is 16.6. The van der Waals surface area contributed by atoms with Gasteiger partial charge in [-0.15, -0.1) is 0 Å². The Kier molecular flexibility index (Phi) is 3.83. The Bertz CT molecular complexity index is 1020. The zero-order valence-corrected chi connectivity index (χ0v) is 12.6. The van der Waals surface area contributed by atoms with Gasteiger partial charge in [0.15, 0.2) is 0 Å². The molecule has 0 fully saturated rings. The van der Waals surface area contributed by atoms with Gasteiger partial charge in [-0.05, 0) is 42.8 Å². The molecule has 0 spiro atoms. The third-order valence-electron chi connectivity index (χ3n) is 3.54. The number of nitrogens with one attached hydrogen (secondary N) is 1. The quantitative estimate of drug-likeness (QED) is 0.452. The molecule has 0 aliphatic rings. The van der Waals surface area contributed by atoms with Crippen molar-refractivity contribution < 1.29 is 14.1 Å². The normalized spacial score (nSPS) is 10.5. The smallest absolute Gasteiger partial charge is 0.336 e. The van der Waals surface area contributed by atoms with Gasteiger partial charge in [-0.25, -0.2) is 4.79 Å². The molecule has 0 radical (unpaired) electrons. The number of amides is 1. The number of aryl methyl sites for hydroxylation is 1. The lowest BCUT2D eigenvalue weighted by Crippen LogP contribution is -2.13. The van der Waals surface area contributed by atoms with Crippen molar-refractivity contribution in [2.24, 2.45) is 0 Å². The van der Waals surface area contributed by atoms with Gasteiger partial charge in [-0.2, -0.15) is 0 Å². The summed E-state index contributed by atoms with van der Waals surface area (Å²) in [7, 11) is 0. The summed E-state index contributed by atoms with van der Waals surface area (Å²) in [5, 5.41) is 14.1. The average molecular weight is 324 g/mol. The van der Waals surface area contributed by atoms with Crippen LogP contribution < -0.4 is 10.9 Å². The molecule has 1 aromatic heterocycles. The van der Waals surface area contributed by atoms with Crippen molar-refractivity contribution >= 4 is 28.3 Å². The Morgan fingerprint density at radius 1 is 1.12 bits per heavy atom. The van der Waals surface area contributed by atoms with E-state index in [0.29, 0.717) is 27.8 Å². The van der Waals surface area contributed by atoms with E-state index in [1.54, 1.807) is 31.2 Å². The fourth-order valence-corrected chi connectivity index (χ4v) is 2.36. The lowest BCUT2D eigenvalue weighted by Gasteiger charge is -2.08. The summed E-state index contributed by atoms with van der Waals surface area (Å²) in [6, 6.07) is 11.8. The summed E-state index contributed by atoms with van der Waals surface area (Å²) in [5.41, 5.74) is 1.30. The summed E-state index contributed by atoms with van der Waals surface area (Å²) in [4.78, 5) is 33.8. The zero-order valence-electron chi connectivity index (χ0n) is 12.6. The Morgan fingerprint density at radius 3 is 2.62 bits per heavy atom. The predicted octanol–water partition coefficient (Wildman–Crippen LogP) is 3.26. The first kappa shape index (κ1) is 15.4. The number of rotatable bonds is 3. The summed E-state index contributed by atoms with van der Waals surface area (Å²) in [6.45, 7) is 1.64. The Labute approximate surface area is 135 Å². The molecule has 3 rings (SSSR count). The SMILES string of the molecule is Cc1cc([N+](=O)[O-])ccc1C(=O)Nc1ccc2oc(=O)ccc2c1. The highest BCUT2D eigenvalue weighted by Crippen LogP contribution is 2.21. The molecular formula is C17H12N2O5. The van der Waals surface area contributed by atoms with Gasteiger partial charge in [-0.3, -0.25) is 14.9 Å². The van der Waals surface area contributed by atoms with Crippen LogP contribution in [0.5, 0.6) is 0 Å². The third kappa shape index (κ3) is 3.00. The Hall–Kier alpha value is -3.48. The first-order valence-electron chi connectivity index (χ1n) is 7.04. The minimum absolute atomic E-state index is 0.0650. The number of benzene rings is 2. The van der Waals surface area contributed by atoms with Crippen LogP contribution in [0.1, 0.15) is 15.9 Å². The van der Waals surface area contributed by atoms with Gasteiger partial charge in [-0.1, -0.05) is 0 Å². The molecule has 0 saturated carbocycles. The van der Waals surface area contributed by atoms with Crippen LogP contribution in [0.25, 0.3) is 11.0 Å². The van der Waals surface area contributed by atoms with E-state index < -0.39 is 10.5 Å². The van der Waals surface area contributed by atoms with Gasteiger partial charge >= 0.3 is 5.63 Å². The molecule has 120 valence electrons. The summed E-state index contributed by atoms with van der Waals surface area (Å²) in [5.74, 6) is -0.376. The second-order valence-corrected chi connectivity index (χ2v) is 5.22. The zero-order chi connectivity index (χ0) is 17.3. The average Bonchev–Trinajstić information content (AvgIpc) is 2.54. The molecule has 0 unspecified atom stereocenters. The molecule has 7 nitrogen and oxygen atoms in total. The lowest BCUT2D eigenvalue weighted by molar-refractivity contribution is -0.384. The van der Waals surface area contributed by atoms with Crippen LogP contribution in [0.2, 0.25) is 0 Å². The van der Waals surface area contributed by atoms with E-state index in [1.807, 2.05) is 0 Å². The van der Waals surface area contributed by atoms with E-state index in [4.69, 9.17) is 4.42 Å². The van der Waals surface area contributed by atoms with Crippen LogP contribution in [0.15, 0.2) is 57.7 Å². The number of hydrogen-bond donors (Lipinski definition) is 1. The maximum Gasteiger partial charge on any atom is 0.336 e. The number of non-ortho nitro benzene ring substituents is 1. The number of anilines is 1. The number of fused-ring (bicyclic) bond motifs is 1. The van der Waals surface area contributed by atoms with Gasteiger partial charge in [0.2, 0.25) is 0 Å². The molecule has 0 atom stereocenters. The predicted molar refractivity (Wildman–Crippen MR) is 88.3 cm³/mol. The van der Waals surface area contributed by atoms with Gasteiger partial charge in [0.1, 0.15) is 5.58 Å². The first-order valence-corrected chi connectivity index (χ1v) is 7.04. The van der Waals surface area contributed by atoms with Crippen molar-refractivity contribution in [3.05, 3.63) is 80.2 Å². The number of carbonyl (C=O) groups is 1. The second kappa shape index (κ2) is 5.96. The molecule has 2 aromatic carbocycles. The maximum absolute atomic E-state index is 12.4. The first-order chi connectivity index (χ1) is 11.4. The van der Waals surface area contributed by atoms with Crippen LogP contribution in [0, 0.1) is 17.0 Å². The molecule has 3 aromatic rings. The van der Waals surface area contributed by atoms with Crippen molar-refractivity contribution in [2.45, 2.75) is 6.92 Å². The minimum atomic E-state index is -0.508. The molecule has 1 N–H and O–H groups in total. The van der Waals surface area contributed by atoms with E-state index in [1.165, 1.54) is 24.3 Å². The number of nitro groups is 1. The molecular weight excluding hydrogens is 312 g/mol. The number of nitro benzene ring substituents is 1. The Morgan fingerprint density at radius 2 is 1.92 bits per heavy atom. The van der Waals surface area contributed by atoms with E-state index in [-0.39, 0.29) is 11.6 Å². The highest BCUT2D eigenvalue weighted by Gasteiger charge is 2.14. The largest absolute Gasteiger partial charge is 0.423 e. The van der Waals surface area contributed by atoms with Crippen LogP contribution in [-0.4, -0.2) is 10.8 Å². The van der Waals surface area contributed by atoms with Gasteiger partial charge < -0.3 is 9.73 Å². The van der Waals surface area contributed by atoms with Crippen LogP contribution in [0.4, 0.5) is 11.4 Å². The summed E-state index contributed by atoms with van der Waals surface area (Å²) in [6.07, 6.45) is 0. The van der Waals surface area contributed by atoms with Gasteiger partial charge in [0, 0.05) is 34.8 Å². The van der Waals surface area contributed by atoms with Crippen molar-refractivity contribution in [1.29, 1.82) is 0 Å². The monoisotopic (exact) mass is 324 g/mol. The third-order valence-corrected chi connectivity index (χ3v) is 3.54. The van der Waals surface area contributed by atoms with Crippen LogP contribution >= 0.6 is 0 Å². The highest BCUT2D eigenvalue weighted by molar-refractivity contribution is 6.06. The molecule has 0 aliphatic heterocycles. The topological polar surface area (TPSA) is 102 Å². The number of hydrogen-bond acceptors (Lipinski definition) is 5. The van der Waals surface area contributed by atoms with E-state index in [0.717, 1.165) is 0 Å². The van der Waals surface area contributed by atoms with Crippen LogP contribution in [-0.2, 0) is 0 Å². The van der Waals surface area contributed by atoms with Crippen molar-refractivity contribution in [1.82, 2.24) is 0 Å².